The van der Waals surface area contributed by atoms with Crippen LogP contribution >= 0.6 is 0 Å². The van der Waals surface area contributed by atoms with Crippen LogP contribution in [0.5, 0.6) is 0 Å². The van der Waals surface area contributed by atoms with Gasteiger partial charge in [-0.3, -0.25) is 9.69 Å². The summed E-state index contributed by atoms with van der Waals surface area (Å²) in [6.45, 7) is 6.27. The summed E-state index contributed by atoms with van der Waals surface area (Å²) >= 11 is 0. The van der Waals surface area contributed by atoms with E-state index >= 15 is 0 Å². The molecule has 1 aliphatic rings. The molecule has 1 aromatic carbocycles. The average Bonchev–Trinajstić information content (AvgIpc) is 2.48. The number of amides is 1. The summed E-state index contributed by atoms with van der Waals surface area (Å²) in [4.78, 5) is 14.8. The lowest BCUT2D eigenvalue weighted by Gasteiger charge is -2.42. The summed E-state index contributed by atoms with van der Waals surface area (Å²) in [6, 6.07) is 7.85. The zero-order chi connectivity index (χ0) is 16.9. The molecule has 1 aromatic rings. The first-order valence-electron chi connectivity index (χ1n) is 8.56. The van der Waals surface area contributed by atoms with Crippen LogP contribution in [0.4, 0.5) is 0 Å². The molecule has 0 aromatic heterocycles. The summed E-state index contributed by atoms with van der Waals surface area (Å²) in [7, 11) is 3.91. The van der Waals surface area contributed by atoms with Gasteiger partial charge in [0, 0.05) is 18.6 Å². The number of carbonyl (C=O) groups excluding carboxylic acids is 1. The van der Waals surface area contributed by atoms with Crippen molar-refractivity contribution in [3.05, 3.63) is 35.4 Å². The van der Waals surface area contributed by atoms with Gasteiger partial charge in [-0.1, -0.05) is 30.7 Å². The van der Waals surface area contributed by atoms with E-state index in [1.54, 1.807) is 0 Å². The molecule has 0 spiro atoms. The number of hydrogen-bond acceptors (Lipinski definition) is 3. The highest BCUT2D eigenvalue weighted by molar-refractivity contribution is 5.83. The van der Waals surface area contributed by atoms with Gasteiger partial charge >= 0.3 is 0 Å². The zero-order valence-corrected chi connectivity index (χ0v) is 14.9. The molecule has 0 aliphatic heterocycles. The quantitative estimate of drug-likeness (QED) is 0.801. The van der Waals surface area contributed by atoms with E-state index in [2.05, 4.69) is 18.3 Å². The highest BCUT2D eigenvalue weighted by atomic mass is 16.5. The fourth-order valence-electron chi connectivity index (χ4n) is 3.29. The minimum Gasteiger partial charge on any atom is -0.381 e. The highest BCUT2D eigenvalue weighted by Gasteiger charge is 2.38. The first kappa shape index (κ1) is 18.0. The lowest BCUT2D eigenvalue weighted by Crippen LogP contribution is -2.47. The molecule has 1 fully saturated rings. The fraction of sp³-hybridized carbons (Fsp3) is 0.632. The van der Waals surface area contributed by atoms with Crippen molar-refractivity contribution in [3.63, 3.8) is 0 Å². The highest BCUT2D eigenvalue weighted by Crippen LogP contribution is 2.40. The summed E-state index contributed by atoms with van der Waals surface area (Å²) in [5.74, 6) is 0.0760. The third-order valence-corrected chi connectivity index (χ3v) is 4.91. The van der Waals surface area contributed by atoms with E-state index in [1.165, 1.54) is 6.42 Å². The molecule has 0 saturated heterocycles. The number of ether oxygens (including phenoxy) is 1. The lowest BCUT2D eigenvalue weighted by molar-refractivity contribution is -0.127. The van der Waals surface area contributed by atoms with Gasteiger partial charge in [-0.2, -0.15) is 0 Å². The first-order valence-corrected chi connectivity index (χ1v) is 8.56. The number of carbonyl (C=O) groups is 1. The van der Waals surface area contributed by atoms with Crippen LogP contribution in [0, 0.1) is 12.3 Å². The second-order valence-electron chi connectivity index (χ2n) is 6.93. The van der Waals surface area contributed by atoms with Crippen LogP contribution in [0.3, 0.4) is 0 Å². The molecule has 4 nitrogen and oxygen atoms in total. The van der Waals surface area contributed by atoms with Crippen molar-refractivity contribution in [3.8, 4) is 0 Å². The normalized spacial score (nSPS) is 17.6. The molecule has 1 aliphatic carbocycles. The Kier molecular flexibility index (Phi) is 6.19. The minimum atomic E-state index is -0.250. The number of aryl methyl sites for hydroxylation is 1. The molecule has 0 unspecified atom stereocenters. The van der Waals surface area contributed by atoms with Gasteiger partial charge in [0.1, 0.15) is 6.04 Å². The van der Waals surface area contributed by atoms with Crippen molar-refractivity contribution in [1.82, 2.24) is 10.2 Å². The Labute approximate surface area is 140 Å². The molecule has 128 valence electrons. The Hall–Kier alpha value is -1.39. The van der Waals surface area contributed by atoms with Crippen LogP contribution in [-0.4, -0.2) is 44.7 Å². The molecule has 0 radical (unpaired) electrons. The first-order chi connectivity index (χ1) is 11.0. The Morgan fingerprint density at radius 2 is 2.04 bits per heavy atom. The van der Waals surface area contributed by atoms with Crippen molar-refractivity contribution in [2.24, 2.45) is 5.41 Å². The molecular weight excluding hydrogens is 288 g/mol. The largest absolute Gasteiger partial charge is 0.381 e. The van der Waals surface area contributed by atoms with Crippen LogP contribution in [0.15, 0.2) is 24.3 Å². The number of rotatable bonds is 8. The van der Waals surface area contributed by atoms with Gasteiger partial charge in [0.05, 0.1) is 6.61 Å². The maximum atomic E-state index is 12.8. The van der Waals surface area contributed by atoms with Gasteiger partial charge in [0.25, 0.3) is 0 Å². The Morgan fingerprint density at radius 3 is 2.57 bits per heavy atom. The van der Waals surface area contributed by atoms with E-state index in [4.69, 9.17) is 4.74 Å². The zero-order valence-electron chi connectivity index (χ0n) is 14.9. The average molecular weight is 318 g/mol. The summed E-state index contributed by atoms with van der Waals surface area (Å²) in [5.41, 5.74) is 2.37. The molecule has 4 heteroatoms. The third kappa shape index (κ3) is 4.33. The van der Waals surface area contributed by atoms with Crippen molar-refractivity contribution in [2.75, 3.05) is 33.9 Å². The van der Waals surface area contributed by atoms with Gasteiger partial charge in [0.15, 0.2) is 0 Å². The maximum absolute atomic E-state index is 12.8. The standard InChI is InChI=1S/C19H30N2O2/c1-5-23-14-19(11-8-12-19)13-20-18(22)17(21(3)4)16-10-7-6-9-15(16)2/h6-7,9-10,17H,5,8,11-14H2,1-4H3,(H,20,22)/t17-/m0/s1. The van der Waals surface area contributed by atoms with E-state index in [1.807, 2.05) is 44.1 Å². The predicted molar refractivity (Wildman–Crippen MR) is 93.4 cm³/mol. The number of nitrogens with zero attached hydrogens (tertiary/aromatic N) is 1. The number of hydrogen-bond donors (Lipinski definition) is 1. The maximum Gasteiger partial charge on any atom is 0.241 e. The molecule has 2 rings (SSSR count). The van der Waals surface area contributed by atoms with E-state index in [9.17, 15) is 4.79 Å². The van der Waals surface area contributed by atoms with E-state index in [0.29, 0.717) is 6.54 Å². The monoisotopic (exact) mass is 318 g/mol. The fourth-order valence-corrected chi connectivity index (χ4v) is 3.29. The number of nitrogens with one attached hydrogen (secondary N) is 1. The van der Waals surface area contributed by atoms with Crippen LogP contribution in [0.2, 0.25) is 0 Å². The molecule has 0 bridgehead atoms. The Balaban J connectivity index is 2.03. The molecule has 1 atom stereocenters. The van der Waals surface area contributed by atoms with E-state index < -0.39 is 0 Å². The Bertz CT molecular complexity index is 524. The topological polar surface area (TPSA) is 41.6 Å². The predicted octanol–water partition coefficient (Wildman–Crippen LogP) is 2.92. The van der Waals surface area contributed by atoms with Gasteiger partial charge in [-0.15, -0.1) is 0 Å². The molecule has 1 N–H and O–H groups in total. The van der Waals surface area contributed by atoms with Gasteiger partial charge in [-0.05, 0) is 51.9 Å². The second-order valence-corrected chi connectivity index (χ2v) is 6.93. The molecular formula is C19H30N2O2. The SMILES string of the molecule is CCOCC1(CNC(=O)[C@H](c2ccccc2C)N(C)C)CCC1. The number of benzene rings is 1. The molecule has 1 amide bonds. The Morgan fingerprint density at radius 1 is 1.35 bits per heavy atom. The second kappa shape index (κ2) is 7.93. The van der Waals surface area contributed by atoms with Crippen LogP contribution < -0.4 is 5.32 Å². The van der Waals surface area contributed by atoms with Crippen molar-refractivity contribution >= 4 is 5.91 Å². The van der Waals surface area contributed by atoms with Gasteiger partial charge < -0.3 is 10.1 Å². The van der Waals surface area contributed by atoms with Crippen LogP contribution in [0.25, 0.3) is 0 Å². The van der Waals surface area contributed by atoms with E-state index in [0.717, 1.165) is 37.2 Å². The summed E-state index contributed by atoms with van der Waals surface area (Å²) in [6.07, 6.45) is 3.52. The van der Waals surface area contributed by atoms with Crippen molar-refractivity contribution < 1.29 is 9.53 Å². The van der Waals surface area contributed by atoms with Crippen molar-refractivity contribution in [1.29, 1.82) is 0 Å². The van der Waals surface area contributed by atoms with Crippen LogP contribution in [-0.2, 0) is 9.53 Å². The van der Waals surface area contributed by atoms with Crippen LogP contribution in [0.1, 0.15) is 43.4 Å². The molecule has 0 heterocycles. The summed E-state index contributed by atoms with van der Waals surface area (Å²) in [5, 5.41) is 3.18. The smallest absolute Gasteiger partial charge is 0.241 e. The number of likely N-dealkylation sites (N-methyl/N-ethyl adjacent to an activating group) is 1. The van der Waals surface area contributed by atoms with Crippen molar-refractivity contribution in [2.45, 2.75) is 39.2 Å². The minimum absolute atomic E-state index is 0.0760. The van der Waals surface area contributed by atoms with E-state index in [-0.39, 0.29) is 17.4 Å². The molecule has 1 saturated carbocycles. The third-order valence-electron chi connectivity index (χ3n) is 4.91. The lowest BCUT2D eigenvalue weighted by atomic mass is 9.69. The van der Waals surface area contributed by atoms with Gasteiger partial charge in [-0.25, -0.2) is 0 Å². The summed E-state index contributed by atoms with van der Waals surface area (Å²) < 4.78 is 5.62. The van der Waals surface area contributed by atoms with Gasteiger partial charge in [0.2, 0.25) is 5.91 Å². The molecule has 23 heavy (non-hydrogen) atoms.